The fourth-order valence-corrected chi connectivity index (χ4v) is 2.25. The highest BCUT2D eigenvalue weighted by molar-refractivity contribution is 7.98. The van der Waals surface area contributed by atoms with Crippen molar-refractivity contribution < 1.29 is 0 Å². The zero-order chi connectivity index (χ0) is 12.8. The van der Waals surface area contributed by atoms with E-state index >= 15 is 0 Å². The van der Waals surface area contributed by atoms with Crippen molar-refractivity contribution in [2.75, 3.05) is 6.26 Å². The Bertz CT molecular complexity index is 470. The predicted octanol–water partition coefficient (Wildman–Crippen LogP) is 2.55. The van der Waals surface area contributed by atoms with Gasteiger partial charge in [0.1, 0.15) is 0 Å². The molecule has 0 aliphatic carbocycles. The average molecular weight is 259 g/mol. The molecule has 0 saturated heterocycles. The molecule has 18 heavy (non-hydrogen) atoms. The van der Waals surface area contributed by atoms with Gasteiger partial charge in [-0.25, -0.2) is 0 Å². The number of hydrogen-bond acceptors (Lipinski definition) is 4. The number of aromatic nitrogens is 1. The Morgan fingerprint density at radius 3 is 2.56 bits per heavy atom. The minimum absolute atomic E-state index is 0.0933. The highest BCUT2D eigenvalue weighted by atomic mass is 32.2. The number of thioether (sulfide) groups is 1. The van der Waals surface area contributed by atoms with Gasteiger partial charge in [-0.05, 0) is 36.1 Å². The summed E-state index contributed by atoms with van der Waals surface area (Å²) in [5, 5.41) is 0. The lowest BCUT2D eigenvalue weighted by atomic mass is 10.0. The van der Waals surface area contributed by atoms with E-state index in [1.54, 1.807) is 18.0 Å². The molecule has 1 unspecified atom stereocenters. The number of nitrogens with one attached hydrogen (secondary N) is 1. The SMILES string of the molecule is CSc1ccc(C(Cc2ccccn2)NN)cc1. The Kier molecular flexibility index (Phi) is 4.75. The molecular weight excluding hydrogens is 242 g/mol. The third kappa shape index (κ3) is 3.32. The Balaban J connectivity index is 2.12. The van der Waals surface area contributed by atoms with Crippen LogP contribution in [0.2, 0.25) is 0 Å². The van der Waals surface area contributed by atoms with Gasteiger partial charge in [0.05, 0.1) is 6.04 Å². The number of nitrogens with two attached hydrogens (primary N) is 1. The van der Waals surface area contributed by atoms with Crippen molar-refractivity contribution in [3.05, 3.63) is 59.9 Å². The van der Waals surface area contributed by atoms with Crippen molar-refractivity contribution in [2.24, 2.45) is 5.84 Å². The lowest BCUT2D eigenvalue weighted by molar-refractivity contribution is 0.545. The molecule has 0 bridgehead atoms. The highest BCUT2D eigenvalue weighted by Gasteiger charge is 2.10. The van der Waals surface area contributed by atoms with Crippen LogP contribution in [0.15, 0.2) is 53.6 Å². The van der Waals surface area contributed by atoms with Gasteiger partial charge in [-0.1, -0.05) is 18.2 Å². The van der Waals surface area contributed by atoms with E-state index < -0.39 is 0 Å². The molecule has 3 N–H and O–H groups in total. The molecular formula is C14H17N3S. The second-order valence-electron chi connectivity index (χ2n) is 4.02. The van der Waals surface area contributed by atoms with Crippen LogP contribution in [0.5, 0.6) is 0 Å². The van der Waals surface area contributed by atoms with Gasteiger partial charge in [-0.15, -0.1) is 11.8 Å². The fourth-order valence-electron chi connectivity index (χ4n) is 1.84. The molecule has 94 valence electrons. The third-order valence-corrected chi connectivity index (χ3v) is 3.60. The van der Waals surface area contributed by atoms with Crippen molar-refractivity contribution in [1.82, 2.24) is 10.4 Å². The van der Waals surface area contributed by atoms with Crippen molar-refractivity contribution in [3.63, 3.8) is 0 Å². The maximum absolute atomic E-state index is 5.64. The third-order valence-electron chi connectivity index (χ3n) is 2.86. The van der Waals surface area contributed by atoms with Crippen LogP contribution in [0.1, 0.15) is 17.3 Å². The maximum Gasteiger partial charge on any atom is 0.0515 e. The van der Waals surface area contributed by atoms with Crippen molar-refractivity contribution >= 4 is 11.8 Å². The maximum atomic E-state index is 5.64. The first-order valence-electron chi connectivity index (χ1n) is 5.83. The van der Waals surface area contributed by atoms with Gasteiger partial charge in [0, 0.05) is 23.2 Å². The highest BCUT2D eigenvalue weighted by Crippen LogP contribution is 2.20. The van der Waals surface area contributed by atoms with E-state index in [4.69, 9.17) is 5.84 Å². The van der Waals surface area contributed by atoms with E-state index in [2.05, 4.69) is 40.9 Å². The molecule has 1 heterocycles. The molecule has 1 atom stereocenters. The van der Waals surface area contributed by atoms with Crippen LogP contribution in [0, 0.1) is 0 Å². The standard InChI is InChI=1S/C14H17N3S/c1-18-13-7-5-11(6-8-13)14(17-15)10-12-4-2-3-9-16-12/h2-9,14,17H,10,15H2,1H3. The first-order valence-corrected chi connectivity index (χ1v) is 7.06. The number of benzene rings is 1. The van der Waals surface area contributed by atoms with Crippen LogP contribution >= 0.6 is 11.8 Å². The topological polar surface area (TPSA) is 50.9 Å². The lowest BCUT2D eigenvalue weighted by Gasteiger charge is -2.16. The lowest BCUT2D eigenvalue weighted by Crippen LogP contribution is -2.29. The molecule has 0 aliphatic heterocycles. The van der Waals surface area contributed by atoms with E-state index in [-0.39, 0.29) is 6.04 Å². The summed E-state index contributed by atoms with van der Waals surface area (Å²) in [6.07, 6.45) is 4.66. The van der Waals surface area contributed by atoms with Gasteiger partial charge >= 0.3 is 0 Å². The molecule has 2 rings (SSSR count). The van der Waals surface area contributed by atoms with Gasteiger partial charge in [0.2, 0.25) is 0 Å². The van der Waals surface area contributed by atoms with Crippen LogP contribution in [-0.2, 0) is 6.42 Å². The number of pyridine rings is 1. The summed E-state index contributed by atoms with van der Waals surface area (Å²) in [6.45, 7) is 0. The Labute approximate surface area is 112 Å². The molecule has 1 aromatic heterocycles. The van der Waals surface area contributed by atoms with Crippen LogP contribution in [0.4, 0.5) is 0 Å². The average Bonchev–Trinajstić information content (AvgIpc) is 2.46. The number of rotatable bonds is 5. The second-order valence-corrected chi connectivity index (χ2v) is 4.90. The molecule has 3 nitrogen and oxygen atoms in total. The van der Waals surface area contributed by atoms with Crippen molar-refractivity contribution in [3.8, 4) is 0 Å². The number of hydrogen-bond donors (Lipinski definition) is 2. The van der Waals surface area contributed by atoms with E-state index in [0.29, 0.717) is 0 Å². The van der Waals surface area contributed by atoms with Gasteiger partial charge in [0.25, 0.3) is 0 Å². The van der Waals surface area contributed by atoms with E-state index in [1.165, 1.54) is 10.5 Å². The van der Waals surface area contributed by atoms with Crippen LogP contribution in [0.25, 0.3) is 0 Å². The van der Waals surface area contributed by atoms with Gasteiger partial charge < -0.3 is 0 Å². The summed E-state index contributed by atoms with van der Waals surface area (Å²) >= 11 is 1.74. The summed E-state index contributed by atoms with van der Waals surface area (Å²) in [5.41, 5.74) is 5.08. The Morgan fingerprint density at radius 2 is 2.00 bits per heavy atom. The number of nitrogens with zero attached hydrogens (tertiary/aromatic N) is 1. The predicted molar refractivity (Wildman–Crippen MR) is 76.2 cm³/mol. The monoisotopic (exact) mass is 259 g/mol. The summed E-state index contributed by atoms with van der Waals surface area (Å²) in [5.74, 6) is 5.64. The van der Waals surface area contributed by atoms with Crippen LogP contribution < -0.4 is 11.3 Å². The zero-order valence-electron chi connectivity index (χ0n) is 10.3. The summed E-state index contributed by atoms with van der Waals surface area (Å²) in [6, 6.07) is 14.5. The minimum Gasteiger partial charge on any atom is -0.271 e. The molecule has 4 heteroatoms. The first-order chi connectivity index (χ1) is 8.83. The first kappa shape index (κ1) is 13.1. The van der Waals surface area contributed by atoms with Crippen molar-refractivity contribution in [2.45, 2.75) is 17.4 Å². The normalized spacial score (nSPS) is 12.3. The summed E-state index contributed by atoms with van der Waals surface area (Å²) < 4.78 is 0. The molecule has 2 aromatic rings. The van der Waals surface area contributed by atoms with Gasteiger partial charge in [-0.3, -0.25) is 16.3 Å². The molecule has 0 saturated carbocycles. The Morgan fingerprint density at radius 1 is 1.22 bits per heavy atom. The molecule has 0 aliphatic rings. The molecule has 0 amide bonds. The van der Waals surface area contributed by atoms with Gasteiger partial charge in [0.15, 0.2) is 0 Å². The quantitative estimate of drug-likeness (QED) is 0.492. The van der Waals surface area contributed by atoms with Gasteiger partial charge in [-0.2, -0.15) is 0 Å². The van der Waals surface area contributed by atoms with E-state index in [1.807, 2.05) is 18.2 Å². The van der Waals surface area contributed by atoms with E-state index in [0.717, 1.165) is 12.1 Å². The van der Waals surface area contributed by atoms with Crippen LogP contribution in [-0.4, -0.2) is 11.2 Å². The minimum atomic E-state index is 0.0933. The fraction of sp³-hybridized carbons (Fsp3) is 0.214. The molecule has 1 aromatic carbocycles. The summed E-state index contributed by atoms with van der Waals surface area (Å²) in [4.78, 5) is 5.58. The summed E-state index contributed by atoms with van der Waals surface area (Å²) in [7, 11) is 0. The van der Waals surface area contributed by atoms with Crippen molar-refractivity contribution in [1.29, 1.82) is 0 Å². The Hall–Kier alpha value is -1.36. The molecule has 0 spiro atoms. The largest absolute Gasteiger partial charge is 0.271 e. The molecule has 0 fully saturated rings. The smallest absolute Gasteiger partial charge is 0.0515 e. The zero-order valence-corrected chi connectivity index (χ0v) is 11.2. The second kappa shape index (κ2) is 6.54. The molecule has 0 radical (unpaired) electrons. The van der Waals surface area contributed by atoms with E-state index in [9.17, 15) is 0 Å². The van der Waals surface area contributed by atoms with Crippen LogP contribution in [0.3, 0.4) is 0 Å². The number of hydrazine groups is 1.